The van der Waals surface area contributed by atoms with Gasteiger partial charge in [0, 0.05) is 16.8 Å². The maximum atomic E-state index is 12.2. The topological polar surface area (TPSA) is 78.3 Å². The van der Waals surface area contributed by atoms with E-state index in [2.05, 4.69) is 35.5 Å². The Kier molecular flexibility index (Phi) is 5.76. The van der Waals surface area contributed by atoms with Crippen molar-refractivity contribution in [2.75, 3.05) is 18.5 Å². The number of hydrogen-bond donors (Lipinski definition) is 1. The molecule has 34 heavy (non-hydrogen) atoms. The Bertz CT molecular complexity index is 1360. The predicted molar refractivity (Wildman–Crippen MR) is 131 cm³/mol. The molecule has 5 rings (SSSR count). The van der Waals surface area contributed by atoms with Gasteiger partial charge in [-0.05, 0) is 50.6 Å². The summed E-state index contributed by atoms with van der Waals surface area (Å²) in [5.74, 6) is 1.10. The molecular formula is C27H26N4O3. The van der Waals surface area contributed by atoms with Crippen molar-refractivity contribution in [2.45, 2.75) is 26.8 Å². The standard InChI is InChI=1S/C27H26N4O3/c1-4-33-27(32)20-15-28-31(18(20)3)25-14-8-12-22(30-25)19-10-7-13-24-26(19)23(16-34-24)29-21-11-6-5-9-17(21)2/h5-15,23,29H,4,16H2,1-3H3. The molecule has 1 aliphatic rings. The molecule has 1 aliphatic heterocycles. The highest BCUT2D eigenvalue weighted by Crippen LogP contribution is 2.41. The number of pyridine rings is 1. The number of carbonyl (C=O) groups is 1. The van der Waals surface area contributed by atoms with Gasteiger partial charge in [-0.1, -0.05) is 36.4 Å². The molecule has 0 spiro atoms. The van der Waals surface area contributed by atoms with E-state index in [1.807, 2.05) is 49.4 Å². The maximum absolute atomic E-state index is 12.2. The number of rotatable bonds is 6. The van der Waals surface area contributed by atoms with E-state index in [1.54, 1.807) is 11.6 Å². The van der Waals surface area contributed by atoms with Gasteiger partial charge >= 0.3 is 5.97 Å². The molecule has 1 atom stereocenters. The molecule has 0 fully saturated rings. The minimum absolute atomic E-state index is 0.000359. The molecule has 0 aliphatic carbocycles. The van der Waals surface area contributed by atoms with Crippen molar-refractivity contribution in [1.29, 1.82) is 0 Å². The molecule has 0 amide bonds. The van der Waals surface area contributed by atoms with Gasteiger partial charge in [0.15, 0.2) is 5.82 Å². The van der Waals surface area contributed by atoms with E-state index in [4.69, 9.17) is 14.5 Å². The first-order valence-electron chi connectivity index (χ1n) is 11.3. The van der Waals surface area contributed by atoms with Crippen LogP contribution in [0.2, 0.25) is 0 Å². The summed E-state index contributed by atoms with van der Waals surface area (Å²) in [5.41, 5.74) is 6.27. The van der Waals surface area contributed by atoms with Crippen LogP contribution >= 0.6 is 0 Å². The van der Waals surface area contributed by atoms with Crippen LogP contribution in [0.5, 0.6) is 5.75 Å². The van der Waals surface area contributed by atoms with E-state index >= 15 is 0 Å². The quantitative estimate of drug-likeness (QED) is 0.400. The van der Waals surface area contributed by atoms with Gasteiger partial charge in [0.05, 0.1) is 30.2 Å². The summed E-state index contributed by atoms with van der Waals surface area (Å²) in [6.07, 6.45) is 1.53. The third kappa shape index (κ3) is 3.90. The summed E-state index contributed by atoms with van der Waals surface area (Å²) >= 11 is 0. The number of aryl methyl sites for hydroxylation is 1. The third-order valence-corrected chi connectivity index (χ3v) is 6.03. The highest BCUT2D eigenvalue weighted by molar-refractivity contribution is 5.90. The smallest absolute Gasteiger partial charge is 0.341 e. The number of benzene rings is 2. The molecule has 3 heterocycles. The van der Waals surface area contributed by atoms with E-state index in [9.17, 15) is 4.79 Å². The first-order valence-corrected chi connectivity index (χ1v) is 11.3. The lowest BCUT2D eigenvalue weighted by atomic mass is 9.98. The zero-order chi connectivity index (χ0) is 23.7. The summed E-state index contributed by atoms with van der Waals surface area (Å²) in [4.78, 5) is 17.1. The van der Waals surface area contributed by atoms with Crippen molar-refractivity contribution >= 4 is 11.7 Å². The van der Waals surface area contributed by atoms with Crippen LogP contribution in [0.4, 0.5) is 5.69 Å². The number of nitrogens with one attached hydrogen (secondary N) is 1. The van der Waals surface area contributed by atoms with Crippen molar-refractivity contribution in [2.24, 2.45) is 0 Å². The molecule has 7 heteroatoms. The van der Waals surface area contributed by atoms with Crippen LogP contribution in [0.1, 0.15) is 40.1 Å². The normalized spacial score (nSPS) is 14.4. The van der Waals surface area contributed by atoms with Crippen LogP contribution in [-0.2, 0) is 4.74 Å². The fourth-order valence-corrected chi connectivity index (χ4v) is 4.29. The van der Waals surface area contributed by atoms with Crippen molar-refractivity contribution in [3.05, 3.63) is 89.2 Å². The largest absolute Gasteiger partial charge is 0.491 e. The first kappa shape index (κ1) is 21.7. The molecule has 0 saturated carbocycles. The zero-order valence-electron chi connectivity index (χ0n) is 19.4. The Balaban J connectivity index is 1.51. The van der Waals surface area contributed by atoms with Gasteiger partial charge in [-0.3, -0.25) is 0 Å². The van der Waals surface area contributed by atoms with Gasteiger partial charge in [0.1, 0.15) is 17.9 Å². The van der Waals surface area contributed by atoms with Crippen LogP contribution in [0.3, 0.4) is 0 Å². The van der Waals surface area contributed by atoms with Crippen LogP contribution < -0.4 is 10.1 Å². The molecule has 172 valence electrons. The highest BCUT2D eigenvalue weighted by Gasteiger charge is 2.28. The van der Waals surface area contributed by atoms with Crippen LogP contribution in [0.15, 0.2) is 66.9 Å². The molecule has 1 unspecified atom stereocenters. The summed E-state index contributed by atoms with van der Waals surface area (Å²) < 4.78 is 12.8. The van der Waals surface area contributed by atoms with Crippen LogP contribution in [0, 0.1) is 13.8 Å². The highest BCUT2D eigenvalue weighted by atomic mass is 16.5. The number of anilines is 1. The monoisotopic (exact) mass is 454 g/mol. The number of para-hydroxylation sites is 1. The summed E-state index contributed by atoms with van der Waals surface area (Å²) in [7, 11) is 0. The summed E-state index contributed by atoms with van der Waals surface area (Å²) in [6.45, 7) is 6.57. The number of esters is 1. The van der Waals surface area contributed by atoms with Crippen LogP contribution in [-0.4, -0.2) is 33.9 Å². The minimum atomic E-state index is -0.384. The first-order chi connectivity index (χ1) is 16.6. The summed E-state index contributed by atoms with van der Waals surface area (Å²) in [5, 5.41) is 8.03. The lowest BCUT2D eigenvalue weighted by Gasteiger charge is -2.18. The van der Waals surface area contributed by atoms with Crippen LogP contribution in [0.25, 0.3) is 17.1 Å². The molecule has 4 aromatic rings. The minimum Gasteiger partial charge on any atom is -0.491 e. The fraction of sp³-hybridized carbons (Fsp3) is 0.222. The molecular weight excluding hydrogens is 428 g/mol. The second-order valence-corrected chi connectivity index (χ2v) is 8.20. The maximum Gasteiger partial charge on any atom is 0.341 e. The average Bonchev–Trinajstić information content (AvgIpc) is 3.44. The van der Waals surface area contributed by atoms with Gasteiger partial charge in [0.25, 0.3) is 0 Å². The van der Waals surface area contributed by atoms with E-state index in [0.29, 0.717) is 30.3 Å². The molecule has 2 aromatic heterocycles. The number of hydrogen-bond acceptors (Lipinski definition) is 6. The molecule has 0 radical (unpaired) electrons. The molecule has 0 bridgehead atoms. The van der Waals surface area contributed by atoms with E-state index in [1.165, 1.54) is 11.8 Å². The average molecular weight is 455 g/mol. The number of fused-ring (bicyclic) bond motifs is 1. The lowest BCUT2D eigenvalue weighted by molar-refractivity contribution is 0.0525. The number of aromatic nitrogens is 3. The third-order valence-electron chi connectivity index (χ3n) is 6.03. The van der Waals surface area contributed by atoms with Crippen molar-refractivity contribution in [3.63, 3.8) is 0 Å². The van der Waals surface area contributed by atoms with Crippen molar-refractivity contribution < 1.29 is 14.3 Å². The van der Waals surface area contributed by atoms with Gasteiger partial charge < -0.3 is 14.8 Å². The number of carbonyl (C=O) groups excluding carboxylic acids is 1. The molecule has 1 N–H and O–H groups in total. The van der Waals surface area contributed by atoms with Crippen molar-refractivity contribution in [1.82, 2.24) is 14.8 Å². The van der Waals surface area contributed by atoms with E-state index < -0.39 is 0 Å². The van der Waals surface area contributed by atoms with Crippen molar-refractivity contribution in [3.8, 4) is 22.8 Å². The second-order valence-electron chi connectivity index (χ2n) is 8.20. The van der Waals surface area contributed by atoms with Gasteiger partial charge in [-0.15, -0.1) is 0 Å². The Labute approximate surface area is 198 Å². The Morgan fingerprint density at radius 1 is 1.12 bits per heavy atom. The van der Waals surface area contributed by atoms with Gasteiger partial charge in [-0.25, -0.2) is 14.5 Å². The Morgan fingerprint density at radius 3 is 2.76 bits per heavy atom. The lowest BCUT2D eigenvalue weighted by Crippen LogP contribution is -2.13. The SMILES string of the molecule is CCOC(=O)c1cnn(-c2cccc(-c3cccc4c3C(Nc3ccccc3C)CO4)n2)c1C. The Hall–Kier alpha value is -4.13. The molecule has 0 saturated heterocycles. The second kappa shape index (κ2) is 9.02. The van der Waals surface area contributed by atoms with E-state index in [-0.39, 0.29) is 12.0 Å². The molecule has 2 aromatic carbocycles. The predicted octanol–water partition coefficient (Wildman–Crippen LogP) is 5.27. The summed E-state index contributed by atoms with van der Waals surface area (Å²) in [6, 6.07) is 20.1. The van der Waals surface area contributed by atoms with E-state index in [0.717, 1.165) is 28.3 Å². The number of ether oxygens (including phenoxy) is 2. The van der Waals surface area contributed by atoms with Gasteiger partial charge in [-0.2, -0.15) is 5.10 Å². The molecule has 7 nitrogen and oxygen atoms in total. The number of nitrogens with zero attached hydrogens (tertiary/aromatic N) is 3. The fourth-order valence-electron chi connectivity index (χ4n) is 4.29. The zero-order valence-corrected chi connectivity index (χ0v) is 19.4. The van der Waals surface area contributed by atoms with Gasteiger partial charge in [0.2, 0.25) is 0 Å². The Morgan fingerprint density at radius 2 is 1.94 bits per heavy atom.